The zero-order chi connectivity index (χ0) is 25.0. The first kappa shape index (κ1) is 24.0. The molecule has 0 aliphatic heterocycles. The highest BCUT2D eigenvalue weighted by Gasteiger charge is 2.31. The van der Waals surface area contributed by atoms with Gasteiger partial charge >= 0.3 is 12.1 Å². The van der Waals surface area contributed by atoms with Crippen LogP contribution >= 0.6 is 0 Å². The van der Waals surface area contributed by atoms with Gasteiger partial charge in [0.05, 0.1) is 12.9 Å². The van der Waals surface area contributed by atoms with Crippen molar-refractivity contribution in [2.45, 2.75) is 25.0 Å². The number of nitrogens with one attached hydrogen (secondary N) is 2. The van der Waals surface area contributed by atoms with Gasteiger partial charge in [0.1, 0.15) is 12.3 Å². The molecular formula is C25H26N4O6. The Hall–Kier alpha value is -4.18. The number of carboxylic acids is 1. The molecule has 1 unspecified atom stereocenters. The molecule has 1 atom stereocenters. The van der Waals surface area contributed by atoms with Crippen molar-refractivity contribution in [3.63, 3.8) is 0 Å². The van der Waals surface area contributed by atoms with Crippen LogP contribution in [-0.2, 0) is 16.1 Å². The van der Waals surface area contributed by atoms with E-state index in [1.807, 2.05) is 24.3 Å². The van der Waals surface area contributed by atoms with Gasteiger partial charge in [-0.3, -0.25) is 4.79 Å². The maximum absolute atomic E-state index is 12.3. The summed E-state index contributed by atoms with van der Waals surface area (Å²) in [5.74, 6) is -2.08. The van der Waals surface area contributed by atoms with Crippen molar-refractivity contribution >= 4 is 18.0 Å². The molecule has 0 bridgehead atoms. The van der Waals surface area contributed by atoms with Gasteiger partial charge in [0.25, 0.3) is 5.91 Å². The molecule has 10 nitrogen and oxygen atoms in total. The van der Waals surface area contributed by atoms with Crippen molar-refractivity contribution in [2.75, 3.05) is 19.7 Å². The summed E-state index contributed by atoms with van der Waals surface area (Å²) in [4.78, 5) is 39.3. The first-order valence-electron chi connectivity index (χ1n) is 11.1. The number of alkyl carbamates (subject to hydrolysis) is 1. The molecule has 1 heterocycles. The zero-order valence-corrected chi connectivity index (χ0v) is 19.1. The molecule has 0 saturated carbocycles. The van der Waals surface area contributed by atoms with Gasteiger partial charge in [0, 0.05) is 25.2 Å². The number of aromatic nitrogens is 2. The summed E-state index contributed by atoms with van der Waals surface area (Å²) in [7, 11) is 0. The summed E-state index contributed by atoms with van der Waals surface area (Å²) in [6.45, 7) is 1.44. The van der Waals surface area contributed by atoms with Crippen molar-refractivity contribution in [3.05, 3.63) is 77.9 Å². The molecule has 10 heteroatoms. The van der Waals surface area contributed by atoms with E-state index in [4.69, 9.17) is 9.84 Å². The quantitative estimate of drug-likeness (QED) is 0.368. The summed E-state index contributed by atoms with van der Waals surface area (Å²) in [5, 5.41) is 23.6. The lowest BCUT2D eigenvalue weighted by molar-refractivity contribution is -0.155. The third-order valence-electron chi connectivity index (χ3n) is 5.90. The molecule has 182 valence electrons. The maximum atomic E-state index is 12.3. The van der Waals surface area contributed by atoms with Gasteiger partial charge in [0.15, 0.2) is 5.60 Å². The van der Waals surface area contributed by atoms with Crippen molar-refractivity contribution in [2.24, 2.45) is 0 Å². The van der Waals surface area contributed by atoms with E-state index in [2.05, 4.69) is 39.9 Å². The summed E-state index contributed by atoms with van der Waals surface area (Å²) in [6, 6.07) is 16.2. The van der Waals surface area contributed by atoms with Crippen LogP contribution in [0.3, 0.4) is 0 Å². The second-order valence-electron chi connectivity index (χ2n) is 8.51. The molecule has 0 saturated heterocycles. The topological polar surface area (TPSA) is 143 Å². The third-order valence-corrected chi connectivity index (χ3v) is 5.90. The van der Waals surface area contributed by atoms with E-state index in [0.29, 0.717) is 6.54 Å². The summed E-state index contributed by atoms with van der Waals surface area (Å²) in [5.41, 5.74) is 2.57. The van der Waals surface area contributed by atoms with E-state index in [1.54, 1.807) is 4.57 Å². The minimum absolute atomic E-state index is 0.0234. The molecule has 2 amide bonds. The minimum atomic E-state index is -2.08. The van der Waals surface area contributed by atoms with Gasteiger partial charge in [-0.25, -0.2) is 14.6 Å². The number of carboxylic acid groups (broad SMARTS) is 1. The number of ether oxygens (including phenoxy) is 1. The minimum Gasteiger partial charge on any atom is -0.479 e. The Morgan fingerprint density at radius 3 is 2.31 bits per heavy atom. The van der Waals surface area contributed by atoms with Crippen LogP contribution in [0, 0.1) is 0 Å². The van der Waals surface area contributed by atoms with Gasteiger partial charge < -0.3 is 30.2 Å². The van der Waals surface area contributed by atoms with Crippen molar-refractivity contribution < 1.29 is 29.3 Å². The Morgan fingerprint density at radius 2 is 1.69 bits per heavy atom. The lowest BCUT2D eigenvalue weighted by atomic mass is 9.98. The first-order valence-corrected chi connectivity index (χ1v) is 11.1. The average molecular weight is 479 g/mol. The van der Waals surface area contributed by atoms with Crippen LogP contribution in [0.15, 0.2) is 61.1 Å². The van der Waals surface area contributed by atoms with Crippen LogP contribution in [0.4, 0.5) is 4.79 Å². The summed E-state index contributed by atoms with van der Waals surface area (Å²) < 4.78 is 7.10. The molecule has 4 N–H and O–H groups in total. The Labute approximate surface area is 201 Å². The Morgan fingerprint density at radius 1 is 1.06 bits per heavy atom. The maximum Gasteiger partial charge on any atom is 0.407 e. The van der Waals surface area contributed by atoms with Gasteiger partial charge in [-0.15, -0.1) is 0 Å². The number of amides is 2. The number of hydrogen-bond acceptors (Lipinski definition) is 6. The normalized spacial score (nSPS) is 13.9. The highest BCUT2D eigenvalue weighted by molar-refractivity contribution is 5.92. The molecule has 1 aromatic heterocycles. The fourth-order valence-electron chi connectivity index (χ4n) is 3.95. The van der Waals surface area contributed by atoms with E-state index in [0.717, 1.165) is 29.2 Å². The van der Waals surface area contributed by atoms with E-state index in [-0.39, 0.29) is 24.8 Å². The molecule has 1 aliphatic rings. The molecule has 4 rings (SSSR count). The lowest BCUT2D eigenvalue weighted by Gasteiger charge is -2.17. The fourth-order valence-corrected chi connectivity index (χ4v) is 3.95. The molecular weight excluding hydrogens is 452 g/mol. The number of nitrogens with zero attached hydrogens (tertiary/aromatic N) is 2. The predicted molar refractivity (Wildman–Crippen MR) is 126 cm³/mol. The summed E-state index contributed by atoms with van der Waals surface area (Å²) in [6.07, 6.45) is 2.34. The predicted octanol–water partition coefficient (Wildman–Crippen LogP) is 1.99. The number of benzene rings is 2. The van der Waals surface area contributed by atoms with Gasteiger partial charge in [-0.05, 0) is 29.2 Å². The lowest BCUT2D eigenvalue weighted by Crippen LogP contribution is -2.46. The van der Waals surface area contributed by atoms with Crippen LogP contribution in [0.2, 0.25) is 0 Å². The van der Waals surface area contributed by atoms with E-state index >= 15 is 0 Å². The zero-order valence-electron chi connectivity index (χ0n) is 19.1. The van der Waals surface area contributed by atoms with Crippen LogP contribution in [0.5, 0.6) is 0 Å². The number of fused-ring (bicyclic) bond motifs is 3. The number of imidazole rings is 1. The first-order chi connectivity index (χ1) is 16.8. The SMILES string of the molecule is CC(O)(CNC(=O)c1cn(CCNC(=O)OCC2c3ccccc3-c3ccccc32)cn1)C(=O)O. The molecule has 3 aromatic rings. The highest BCUT2D eigenvalue weighted by Crippen LogP contribution is 2.44. The Bertz CT molecular complexity index is 1210. The van der Waals surface area contributed by atoms with Gasteiger partial charge in [0.2, 0.25) is 0 Å². The Kier molecular flexibility index (Phi) is 6.83. The number of carbonyl (C=O) groups excluding carboxylic acids is 2. The second kappa shape index (κ2) is 9.98. The number of carbonyl (C=O) groups is 3. The fraction of sp³-hybridized carbons (Fsp3) is 0.280. The highest BCUT2D eigenvalue weighted by atomic mass is 16.5. The van der Waals surface area contributed by atoms with Crippen LogP contribution in [0.25, 0.3) is 11.1 Å². The number of hydrogen-bond donors (Lipinski definition) is 4. The monoisotopic (exact) mass is 478 g/mol. The van der Waals surface area contributed by atoms with Crippen molar-refractivity contribution in [1.29, 1.82) is 0 Å². The average Bonchev–Trinajstić information content (AvgIpc) is 3.44. The molecule has 2 aromatic carbocycles. The summed E-state index contributed by atoms with van der Waals surface area (Å²) >= 11 is 0. The molecule has 1 aliphatic carbocycles. The van der Waals surface area contributed by atoms with Crippen LogP contribution in [-0.4, -0.2) is 63.0 Å². The number of aliphatic hydroxyl groups is 1. The van der Waals surface area contributed by atoms with Crippen LogP contribution in [0.1, 0.15) is 34.5 Å². The van der Waals surface area contributed by atoms with Gasteiger partial charge in [-0.1, -0.05) is 48.5 Å². The molecule has 0 fully saturated rings. The molecule has 0 radical (unpaired) electrons. The number of rotatable bonds is 9. The van der Waals surface area contributed by atoms with Crippen molar-refractivity contribution in [3.8, 4) is 11.1 Å². The van der Waals surface area contributed by atoms with E-state index in [9.17, 15) is 19.5 Å². The molecule has 35 heavy (non-hydrogen) atoms. The Balaban J connectivity index is 1.24. The van der Waals surface area contributed by atoms with E-state index in [1.165, 1.54) is 12.5 Å². The smallest absolute Gasteiger partial charge is 0.407 e. The number of aliphatic carboxylic acids is 1. The standard InChI is InChI=1S/C25H26N4O6/c1-25(34,23(31)32)14-27-22(30)21-12-29(15-28-21)11-10-26-24(33)35-13-20-18-8-4-2-6-16(18)17-7-3-5-9-19(17)20/h2-9,12,15,20,34H,10-11,13-14H2,1H3,(H,26,33)(H,27,30)(H,31,32). The van der Waals surface area contributed by atoms with Crippen LogP contribution < -0.4 is 10.6 Å². The largest absolute Gasteiger partial charge is 0.479 e. The van der Waals surface area contributed by atoms with Gasteiger partial charge in [-0.2, -0.15) is 0 Å². The van der Waals surface area contributed by atoms with E-state index < -0.39 is 30.1 Å². The third kappa shape index (κ3) is 5.33. The van der Waals surface area contributed by atoms with Crippen molar-refractivity contribution in [1.82, 2.24) is 20.2 Å². The molecule has 0 spiro atoms. The second-order valence-corrected chi connectivity index (χ2v) is 8.51.